The second-order valence-corrected chi connectivity index (χ2v) is 9.82. The molecule has 0 N–H and O–H groups in total. The van der Waals surface area contributed by atoms with E-state index in [9.17, 15) is 0 Å². The molecule has 0 fully saturated rings. The van der Waals surface area contributed by atoms with Gasteiger partial charge in [-0.25, -0.2) is 0 Å². The predicted octanol–water partition coefficient (Wildman–Crippen LogP) is 10.4. The van der Waals surface area contributed by atoms with E-state index in [1.807, 2.05) is 19.1 Å². The molecule has 0 bridgehead atoms. The summed E-state index contributed by atoms with van der Waals surface area (Å²) >= 11 is 0. The molecule has 3 rings (SSSR count). The Morgan fingerprint density at radius 3 is 1.61 bits per heavy atom. The van der Waals surface area contributed by atoms with Crippen LogP contribution in [0.4, 0.5) is 0 Å². The van der Waals surface area contributed by atoms with E-state index in [4.69, 9.17) is 9.47 Å². The normalized spacial score (nSPS) is 12.0. The lowest BCUT2D eigenvalue weighted by Crippen LogP contribution is -2.02. The Kier molecular flexibility index (Phi) is 12.6. The highest BCUT2D eigenvalue weighted by Gasteiger charge is 2.10. The van der Waals surface area contributed by atoms with E-state index in [0.717, 1.165) is 18.8 Å². The van der Waals surface area contributed by atoms with Crippen LogP contribution in [0.2, 0.25) is 0 Å². The maximum Gasteiger partial charge on any atom is 0.119 e. The predicted molar refractivity (Wildman–Crippen MR) is 155 cm³/mol. The Balaban J connectivity index is 1.45. The smallest absolute Gasteiger partial charge is 0.119 e. The van der Waals surface area contributed by atoms with Gasteiger partial charge in [0.15, 0.2) is 0 Å². The molecule has 0 aliphatic carbocycles. The van der Waals surface area contributed by atoms with Gasteiger partial charge in [-0.2, -0.15) is 0 Å². The number of rotatable bonds is 17. The van der Waals surface area contributed by atoms with Gasteiger partial charge in [0.25, 0.3) is 0 Å². The van der Waals surface area contributed by atoms with E-state index in [1.165, 1.54) is 85.6 Å². The second kappa shape index (κ2) is 16.2. The van der Waals surface area contributed by atoms with Crippen LogP contribution < -0.4 is 4.74 Å². The van der Waals surface area contributed by atoms with Crippen LogP contribution in [0.5, 0.6) is 5.75 Å². The first-order valence-electron chi connectivity index (χ1n) is 14.3. The molecule has 194 valence electrons. The first-order chi connectivity index (χ1) is 17.7. The molecule has 3 aromatic rings. The first-order valence-corrected chi connectivity index (χ1v) is 14.3. The lowest BCUT2D eigenvalue weighted by atomic mass is 9.94. The van der Waals surface area contributed by atoms with Gasteiger partial charge in [0, 0.05) is 6.61 Å². The summed E-state index contributed by atoms with van der Waals surface area (Å²) in [5, 5.41) is 0. The van der Waals surface area contributed by atoms with Gasteiger partial charge in [-0.3, -0.25) is 0 Å². The zero-order valence-electron chi connectivity index (χ0n) is 22.8. The molecule has 0 spiro atoms. The van der Waals surface area contributed by atoms with Crippen molar-refractivity contribution in [2.45, 2.75) is 91.1 Å². The fourth-order valence-electron chi connectivity index (χ4n) is 4.76. The summed E-state index contributed by atoms with van der Waals surface area (Å²) in [5.74, 6) is 0.912. The van der Waals surface area contributed by atoms with Crippen LogP contribution in [-0.2, 0) is 4.74 Å². The molecule has 36 heavy (non-hydrogen) atoms. The van der Waals surface area contributed by atoms with E-state index in [0.29, 0.717) is 6.61 Å². The van der Waals surface area contributed by atoms with Crippen LogP contribution in [0.15, 0.2) is 72.8 Å². The highest BCUT2D eigenvalue weighted by Crippen LogP contribution is 2.33. The van der Waals surface area contributed by atoms with Crippen molar-refractivity contribution in [1.82, 2.24) is 0 Å². The number of hydrogen-bond donors (Lipinski definition) is 0. The molecular weight excluding hydrogens is 440 g/mol. The fraction of sp³-hybridized carbons (Fsp3) is 0.471. The summed E-state index contributed by atoms with van der Waals surface area (Å²) in [5.41, 5.74) is 6.14. The van der Waals surface area contributed by atoms with Crippen molar-refractivity contribution in [3.63, 3.8) is 0 Å². The zero-order chi connectivity index (χ0) is 25.4. The molecule has 1 atom stereocenters. The Morgan fingerprint density at radius 1 is 0.583 bits per heavy atom. The summed E-state index contributed by atoms with van der Waals surface area (Å²) in [6.07, 6.45) is 13.7. The largest absolute Gasteiger partial charge is 0.494 e. The summed E-state index contributed by atoms with van der Waals surface area (Å²) in [6, 6.07) is 25.9. The van der Waals surface area contributed by atoms with Gasteiger partial charge in [-0.1, -0.05) is 125 Å². The molecule has 0 radical (unpaired) electrons. The first kappa shape index (κ1) is 28.0. The maximum atomic E-state index is 6.16. The molecule has 3 aromatic carbocycles. The molecule has 0 amide bonds. The number of ether oxygens (including phenoxy) is 2. The Morgan fingerprint density at radius 2 is 1.08 bits per heavy atom. The number of benzene rings is 3. The second-order valence-electron chi connectivity index (χ2n) is 9.82. The molecule has 2 heteroatoms. The molecule has 0 aliphatic rings. The third-order valence-electron chi connectivity index (χ3n) is 6.96. The highest BCUT2D eigenvalue weighted by atomic mass is 16.5. The van der Waals surface area contributed by atoms with Gasteiger partial charge in [0.2, 0.25) is 0 Å². The SMILES string of the molecule is CCCCCCCCCCCCOC(C)c1ccc(-c2ccccc2-c2ccc(OCC)cc2)cc1. The van der Waals surface area contributed by atoms with Crippen LogP contribution in [-0.4, -0.2) is 13.2 Å². The number of unbranched alkanes of at least 4 members (excludes halogenated alkanes) is 9. The molecule has 0 aliphatic heterocycles. The minimum atomic E-state index is 0.124. The van der Waals surface area contributed by atoms with Crippen molar-refractivity contribution in [2.24, 2.45) is 0 Å². The van der Waals surface area contributed by atoms with E-state index >= 15 is 0 Å². The zero-order valence-corrected chi connectivity index (χ0v) is 22.8. The highest BCUT2D eigenvalue weighted by molar-refractivity contribution is 5.83. The summed E-state index contributed by atoms with van der Waals surface area (Å²) in [4.78, 5) is 0. The Bertz CT molecular complexity index is 975. The molecular formula is C34H46O2. The van der Waals surface area contributed by atoms with Crippen LogP contribution in [0, 0.1) is 0 Å². The van der Waals surface area contributed by atoms with Crippen molar-refractivity contribution < 1.29 is 9.47 Å². The number of hydrogen-bond acceptors (Lipinski definition) is 2. The van der Waals surface area contributed by atoms with Gasteiger partial charge in [-0.15, -0.1) is 0 Å². The summed E-state index contributed by atoms with van der Waals surface area (Å²) in [6.45, 7) is 7.99. The fourth-order valence-corrected chi connectivity index (χ4v) is 4.76. The van der Waals surface area contributed by atoms with Crippen molar-refractivity contribution in [3.8, 4) is 28.0 Å². The van der Waals surface area contributed by atoms with Crippen molar-refractivity contribution in [1.29, 1.82) is 0 Å². The van der Waals surface area contributed by atoms with Crippen molar-refractivity contribution >= 4 is 0 Å². The molecule has 0 saturated carbocycles. The van der Waals surface area contributed by atoms with E-state index in [1.54, 1.807) is 0 Å². The van der Waals surface area contributed by atoms with E-state index in [-0.39, 0.29) is 6.10 Å². The van der Waals surface area contributed by atoms with Gasteiger partial charge in [-0.05, 0) is 60.2 Å². The minimum absolute atomic E-state index is 0.124. The van der Waals surface area contributed by atoms with Gasteiger partial charge >= 0.3 is 0 Å². The third kappa shape index (κ3) is 9.13. The minimum Gasteiger partial charge on any atom is -0.494 e. The van der Waals surface area contributed by atoms with Crippen LogP contribution >= 0.6 is 0 Å². The van der Waals surface area contributed by atoms with Crippen LogP contribution in [0.3, 0.4) is 0 Å². The molecule has 0 saturated heterocycles. The molecule has 1 unspecified atom stereocenters. The monoisotopic (exact) mass is 486 g/mol. The average molecular weight is 487 g/mol. The van der Waals surface area contributed by atoms with Gasteiger partial charge in [0.1, 0.15) is 5.75 Å². The van der Waals surface area contributed by atoms with Gasteiger partial charge in [0.05, 0.1) is 12.7 Å². The van der Waals surface area contributed by atoms with E-state index < -0.39 is 0 Å². The Labute approximate surface area is 220 Å². The lowest BCUT2D eigenvalue weighted by Gasteiger charge is -2.15. The standard InChI is InChI=1S/C34H46O2/c1-4-6-7-8-9-10-11-12-13-16-27-36-28(3)29-19-21-30(22-20-29)33-17-14-15-18-34(33)31-23-25-32(26-24-31)35-5-2/h14-15,17-26,28H,4-13,16,27H2,1-3H3. The molecule has 2 nitrogen and oxygen atoms in total. The molecule has 0 heterocycles. The average Bonchev–Trinajstić information content (AvgIpc) is 2.92. The quantitative estimate of drug-likeness (QED) is 0.177. The maximum absolute atomic E-state index is 6.16. The lowest BCUT2D eigenvalue weighted by molar-refractivity contribution is 0.0627. The Hall–Kier alpha value is -2.58. The van der Waals surface area contributed by atoms with Gasteiger partial charge < -0.3 is 9.47 Å². The third-order valence-corrected chi connectivity index (χ3v) is 6.96. The van der Waals surface area contributed by atoms with Crippen molar-refractivity contribution in [3.05, 3.63) is 78.4 Å². The van der Waals surface area contributed by atoms with Crippen LogP contribution in [0.25, 0.3) is 22.3 Å². The van der Waals surface area contributed by atoms with E-state index in [2.05, 4.69) is 74.5 Å². The van der Waals surface area contributed by atoms with Crippen molar-refractivity contribution in [2.75, 3.05) is 13.2 Å². The summed E-state index contributed by atoms with van der Waals surface area (Å²) < 4.78 is 11.8. The summed E-state index contributed by atoms with van der Waals surface area (Å²) in [7, 11) is 0. The van der Waals surface area contributed by atoms with Crippen LogP contribution in [0.1, 0.15) is 96.6 Å². The molecule has 0 aromatic heterocycles. The topological polar surface area (TPSA) is 18.5 Å².